The molecule has 6 nitrogen and oxygen atoms in total. The Hall–Kier alpha value is -2.44. The molecule has 3 heterocycles. The van der Waals surface area contributed by atoms with Crippen molar-refractivity contribution in [2.24, 2.45) is 0 Å². The zero-order valence-electron chi connectivity index (χ0n) is 14.5. The lowest BCUT2D eigenvalue weighted by molar-refractivity contribution is -0.188. The van der Waals surface area contributed by atoms with Gasteiger partial charge in [0.15, 0.2) is 0 Å². The van der Waals surface area contributed by atoms with E-state index in [4.69, 9.17) is 9.47 Å². The number of ether oxygens (including phenoxy) is 2. The van der Waals surface area contributed by atoms with E-state index in [1.807, 2.05) is 12.1 Å². The Kier molecular flexibility index (Phi) is 4.61. The molecular formula is C20H22N2O4. The molecule has 0 bridgehead atoms. The van der Waals surface area contributed by atoms with Crippen LogP contribution in [0, 0.1) is 0 Å². The molecule has 2 saturated heterocycles. The van der Waals surface area contributed by atoms with Crippen LogP contribution < -0.4 is 0 Å². The highest BCUT2D eigenvalue weighted by Gasteiger charge is 2.49. The third kappa shape index (κ3) is 3.57. The molecule has 0 aliphatic carbocycles. The molecule has 0 unspecified atom stereocenters. The van der Waals surface area contributed by atoms with E-state index >= 15 is 0 Å². The van der Waals surface area contributed by atoms with Gasteiger partial charge in [-0.3, -0.25) is 9.78 Å². The van der Waals surface area contributed by atoms with Gasteiger partial charge in [-0.25, -0.2) is 0 Å². The summed E-state index contributed by atoms with van der Waals surface area (Å²) in [6.45, 7) is 2.34. The van der Waals surface area contributed by atoms with Gasteiger partial charge in [-0.05, 0) is 42.3 Å². The summed E-state index contributed by atoms with van der Waals surface area (Å²) in [5.74, 6) is 0.0273. The largest absolute Gasteiger partial charge is 0.508 e. The van der Waals surface area contributed by atoms with Gasteiger partial charge in [-0.1, -0.05) is 6.07 Å². The van der Waals surface area contributed by atoms with Gasteiger partial charge in [-0.15, -0.1) is 0 Å². The minimum Gasteiger partial charge on any atom is -0.508 e. The van der Waals surface area contributed by atoms with Crippen LogP contribution in [0.2, 0.25) is 0 Å². The first-order valence-corrected chi connectivity index (χ1v) is 8.86. The number of hydrogen-bond donors (Lipinski definition) is 1. The number of hydrogen-bond acceptors (Lipinski definition) is 5. The number of nitrogens with zero attached hydrogens (tertiary/aromatic N) is 2. The zero-order chi connectivity index (χ0) is 18.0. The first-order valence-electron chi connectivity index (χ1n) is 8.86. The molecule has 2 aliphatic heterocycles. The van der Waals surface area contributed by atoms with Crippen molar-refractivity contribution in [2.75, 3.05) is 19.7 Å². The Labute approximate surface area is 152 Å². The third-order valence-corrected chi connectivity index (χ3v) is 5.02. The monoisotopic (exact) mass is 354 g/mol. The highest BCUT2D eigenvalue weighted by atomic mass is 16.5. The molecule has 2 fully saturated rings. The number of rotatable bonds is 4. The molecule has 2 aromatic rings. The van der Waals surface area contributed by atoms with Crippen molar-refractivity contribution in [2.45, 2.75) is 31.2 Å². The van der Waals surface area contributed by atoms with Crippen LogP contribution in [0.4, 0.5) is 0 Å². The predicted molar refractivity (Wildman–Crippen MR) is 94.7 cm³/mol. The number of phenols is 1. The van der Waals surface area contributed by atoms with Gasteiger partial charge in [0.2, 0.25) is 0 Å². The lowest BCUT2D eigenvalue weighted by Gasteiger charge is -2.53. The summed E-state index contributed by atoms with van der Waals surface area (Å²) < 4.78 is 12.0. The van der Waals surface area contributed by atoms with E-state index < -0.39 is 0 Å². The van der Waals surface area contributed by atoms with Crippen molar-refractivity contribution in [1.82, 2.24) is 9.88 Å². The summed E-state index contributed by atoms with van der Waals surface area (Å²) in [4.78, 5) is 18.3. The number of carbonyl (C=O) groups excluding carboxylic acids is 1. The Bertz CT molecular complexity index is 774. The van der Waals surface area contributed by atoms with Gasteiger partial charge >= 0.3 is 0 Å². The Morgan fingerprint density at radius 1 is 1.31 bits per heavy atom. The minimum atomic E-state index is -0.298. The second-order valence-corrected chi connectivity index (χ2v) is 7.02. The number of phenolic OH excluding ortho intramolecular Hbond substituents is 1. The normalized spacial score (nSPS) is 21.4. The summed E-state index contributed by atoms with van der Waals surface area (Å²) >= 11 is 0. The van der Waals surface area contributed by atoms with E-state index in [2.05, 4.69) is 4.98 Å². The van der Waals surface area contributed by atoms with Crippen molar-refractivity contribution in [3.8, 4) is 5.75 Å². The SMILES string of the molecule is O=C(c1cccc(O)c1)N1CC2(C[C@H](OCc3ccncc3)CCO2)C1. The molecule has 4 rings (SSSR count). The highest BCUT2D eigenvalue weighted by Crippen LogP contribution is 2.36. The number of aromatic hydroxyl groups is 1. The molecule has 6 heteroatoms. The molecule has 0 radical (unpaired) electrons. The van der Waals surface area contributed by atoms with Crippen LogP contribution in [0.25, 0.3) is 0 Å². The molecule has 1 aromatic heterocycles. The molecule has 1 N–H and O–H groups in total. The molecule has 2 aliphatic rings. The first kappa shape index (κ1) is 17.0. The standard InChI is InChI=1S/C20H22N2O4/c23-17-3-1-2-16(10-17)19(24)22-13-20(14-22)11-18(6-9-26-20)25-12-15-4-7-21-8-5-15/h1-5,7-8,10,18,23H,6,9,11-14H2/t18-/m1/s1. The molecule has 1 atom stereocenters. The Balaban J connectivity index is 1.32. The Morgan fingerprint density at radius 2 is 2.12 bits per heavy atom. The number of benzene rings is 1. The molecule has 1 aromatic carbocycles. The molecule has 26 heavy (non-hydrogen) atoms. The van der Waals surface area contributed by atoms with Gasteiger partial charge in [0.1, 0.15) is 11.4 Å². The summed E-state index contributed by atoms with van der Waals surface area (Å²) in [6, 6.07) is 10.4. The molecule has 136 valence electrons. The van der Waals surface area contributed by atoms with E-state index in [1.165, 1.54) is 6.07 Å². The van der Waals surface area contributed by atoms with Crippen LogP contribution in [0.1, 0.15) is 28.8 Å². The second kappa shape index (κ2) is 7.05. The van der Waals surface area contributed by atoms with E-state index in [9.17, 15) is 9.90 Å². The number of carbonyl (C=O) groups is 1. The summed E-state index contributed by atoms with van der Waals surface area (Å²) in [6.07, 6.45) is 5.33. The maximum Gasteiger partial charge on any atom is 0.254 e. The van der Waals surface area contributed by atoms with Crippen molar-refractivity contribution >= 4 is 5.91 Å². The van der Waals surface area contributed by atoms with E-state index in [0.29, 0.717) is 31.9 Å². The van der Waals surface area contributed by atoms with Gasteiger partial charge in [0.05, 0.1) is 25.8 Å². The second-order valence-electron chi connectivity index (χ2n) is 7.02. The highest BCUT2D eigenvalue weighted by molar-refractivity contribution is 5.95. The molecule has 0 saturated carbocycles. The van der Waals surface area contributed by atoms with Crippen LogP contribution in [0.3, 0.4) is 0 Å². The van der Waals surface area contributed by atoms with E-state index in [-0.39, 0.29) is 23.4 Å². The van der Waals surface area contributed by atoms with Crippen molar-refractivity contribution < 1.29 is 19.4 Å². The fraction of sp³-hybridized carbons (Fsp3) is 0.400. The van der Waals surface area contributed by atoms with Gasteiger partial charge in [0, 0.05) is 31.0 Å². The summed E-state index contributed by atoms with van der Waals surface area (Å²) in [7, 11) is 0. The number of likely N-dealkylation sites (tertiary alicyclic amines) is 1. The summed E-state index contributed by atoms with van der Waals surface area (Å²) in [5.41, 5.74) is 1.31. The average molecular weight is 354 g/mol. The first-order chi connectivity index (χ1) is 12.6. The van der Waals surface area contributed by atoms with Crippen LogP contribution in [-0.4, -0.2) is 52.3 Å². The lowest BCUT2D eigenvalue weighted by atomic mass is 9.84. The van der Waals surface area contributed by atoms with Crippen LogP contribution in [0.15, 0.2) is 48.8 Å². The zero-order valence-corrected chi connectivity index (χ0v) is 14.5. The quantitative estimate of drug-likeness (QED) is 0.913. The fourth-order valence-corrected chi connectivity index (χ4v) is 3.65. The lowest BCUT2D eigenvalue weighted by Crippen LogP contribution is -2.67. The van der Waals surface area contributed by atoms with Crippen molar-refractivity contribution in [1.29, 1.82) is 0 Å². The topological polar surface area (TPSA) is 71.9 Å². The van der Waals surface area contributed by atoms with Gasteiger partial charge < -0.3 is 19.5 Å². The maximum atomic E-state index is 12.5. The van der Waals surface area contributed by atoms with Crippen LogP contribution >= 0.6 is 0 Å². The fourth-order valence-electron chi connectivity index (χ4n) is 3.65. The van der Waals surface area contributed by atoms with Crippen molar-refractivity contribution in [3.05, 3.63) is 59.9 Å². The van der Waals surface area contributed by atoms with Crippen LogP contribution in [-0.2, 0) is 16.1 Å². The number of amides is 1. The smallest absolute Gasteiger partial charge is 0.254 e. The minimum absolute atomic E-state index is 0.0741. The van der Waals surface area contributed by atoms with Gasteiger partial charge in [-0.2, -0.15) is 0 Å². The average Bonchev–Trinajstić information content (AvgIpc) is 2.65. The predicted octanol–water partition coefficient (Wildman–Crippen LogP) is 2.38. The summed E-state index contributed by atoms with van der Waals surface area (Å²) in [5, 5.41) is 9.55. The van der Waals surface area contributed by atoms with Crippen molar-refractivity contribution in [3.63, 3.8) is 0 Å². The van der Waals surface area contributed by atoms with E-state index in [0.717, 1.165) is 18.4 Å². The Morgan fingerprint density at radius 3 is 2.88 bits per heavy atom. The van der Waals surface area contributed by atoms with E-state index in [1.54, 1.807) is 35.5 Å². The molecule has 1 amide bonds. The number of aromatic nitrogens is 1. The van der Waals surface area contributed by atoms with Crippen LogP contribution in [0.5, 0.6) is 5.75 Å². The molecular weight excluding hydrogens is 332 g/mol. The van der Waals surface area contributed by atoms with Gasteiger partial charge in [0.25, 0.3) is 5.91 Å². The maximum absolute atomic E-state index is 12.5. The third-order valence-electron chi connectivity index (χ3n) is 5.02. The molecule has 1 spiro atoms. The number of pyridine rings is 1.